The minimum absolute atomic E-state index is 0.360. The Morgan fingerprint density at radius 3 is 1.83 bits per heavy atom. The Hall–Kier alpha value is -3.33. The highest BCUT2D eigenvalue weighted by atomic mass is 16.4. The molecule has 0 N–H and O–H groups in total. The molecule has 0 radical (unpaired) electrons. The summed E-state index contributed by atoms with van der Waals surface area (Å²) in [4.78, 5) is 14.5. The number of nitrogens with zero attached hydrogens (tertiary/aromatic N) is 1. The lowest BCUT2D eigenvalue weighted by Crippen LogP contribution is -2.17. The topological polar surface area (TPSA) is 33.5 Å². The number of para-hydroxylation sites is 3. The lowest BCUT2D eigenvalue weighted by molar-refractivity contribution is 0.562. The third-order valence-corrected chi connectivity index (χ3v) is 3.89. The molecule has 0 amide bonds. The zero-order valence-electron chi connectivity index (χ0n) is 12.9. The van der Waals surface area contributed by atoms with Crippen molar-refractivity contribution >= 4 is 28.0 Å². The summed E-state index contributed by atoms with van der Waals surface area (Å²) in [6.07, 6.45) is 0. The van der Waals surface area contributed by atoms with Gasteiger partial charge in [0.1, 0.15) is 11.3 Å². The summed E-state index contributed by atoms with van der Waals surface area (Å²) in [7, 11) is 0. The fourth-order valence-corrected chi connectivity index (χ4v) is 2.79. The molecule has 0 aliphatic carbocycles. The van der Waals surface area contributed by atoms with Crippen molar-refractivity contribution in [2.45, 2.75) is 0 Å². The Labute approximate surface area is 139 Å². The lowest BCUT2D eigenvalue weighted by atomic mass is 10.2. The predicted octanol–water partition coefficient (Wildman–Crippen LogP) is 5.26. The number of rotatable bonds is 3. The zero-order chi connectivity index (χ0) is 16.4. The van der Waals surface area contributed by atoms with Crippen LogP contribution < -0.4 is 10.5 Å². The molecule has 1 aromatic heterocycles. The quantitative estimate of drug-likeness (QED) is 0.484. The molecule has 3 heteroatoms. The van der Waals surface area contributed by atoms with Crippen LogP contribution in [0.1, 0.15) is 0 Å². The van der Waals surface area contributed by atoms with Crippen molar-refractivity contribution in [3.05, 3.63) is 101 Å². The Morgan fingerprint density at radius 2 is 1.21 bits per heavy atom. The molecule has 0 bridgehead atoms. The van der Waals surface area contributed by atoms with E-state index in [1.54, 1.807) is 6.07 Å². The van der Waals surface area contributed by atoms with Crippen LogP contribution in [0, 0.1) is 0 Å². The van der Waals surface area contributed by atoms with Gasteiger partial charge < -0.3 is 9.32 Å². The van der Waals surface area contributed by atoms with E-state index in [0.717, 1.165) is 16.8 Å². The monoisotopic (exact) mass is 313 g/mol. The van der Waals surface area contributed by atoms with Crippen molar-refractivity contribution in [1.29, 1.82) is 0 Å². The van der Waals surface area contributed by atoms with Crippen LogP contribution in [0.2, 0.25) is 0 Å². The van der Waals surface area contributed by atoms with Gasteiger partial charge in [-0.3, -0.25) is 0 Å². The maximum Gasteiger partial charge on any atom is 0.360 e. The third kappa shape index (κ3) is 2.57. The molecular weight excluding hydrogens is 298 g/mol. The van der Waals surface area contributed by atoms with E-state index < -0.39 is 0 Å². The molecular formula is C21H15NO2. The van der Waals surface area contributed by atoms with Gasteiger partial charge in [0.05, 0.1) is 0 Å². The lowest BCUT2D eigenvalue weighted by Gasteiger charge is -2.24. The highest BCUT2D eigenvalue weighted by molar-refractivity contribution is 5.84. The molecule has 0 aliphatic heterocycles. The Kier molecular flexibility index (Phi) is 3.60. The van der Waals surface area contributed by atoms with E-state index in [2.05, 4.69) is 0 Å². The summed E-state index contributed by atoms with van der Waals surface area (Å²) in [5.74, 6) is 0. The van der Waals surface area contributed by atoms with E-state index in [4.69, 9.17) is 4.42 Å². The number of fused-ring (bicyclic) bond motifs is 1. The van der Waals surface area contributed by atoms with Crippen LogP contribution >= 0.6 is 0 Å². The van der Waals surface area contributed by atoms with Gasteiger partial charge in [-0.15, -0.1) is 0 Å². The zero-order valence-corrected chi connectivity index (χ0v) is 12.9. The summed E-state index contributed by atoms with van der Waals surface area (Å²) >= 11 is 0. The number of hydrogen-bond donors (Lipinski definition) is 0. The molecule has 3 aromatic carbocycles. The van der Waals surface area contributed by atoms with E-state index in [0.29, 0.717) is 11.3 Å². The van der Waals surface area contributed by atoms with E-state index in [9.17, 15) is 4.79 Å². The minimum atomic E-state index is -0.360. The van der Waals surface area contributed by atoms with Gasteiger partial charge in [0, 0.05) is 16.8 Å². The normalized spacial score (nSPS) is 10.7. The molecule has 0 fully saturated rings. The summed E-state index contributed by atoms with van der Waals surface area (Å²) in [5, 5.41) is 0.893. The number of hydrogen-bond acceptors (Lipinski definition) is 3. The van der Waals surface area contributed by atoms with E-state index in [1.807, 2.05) is 89.8 Å². The van der Waals surface area contributed by atoms with E-state index in [-0.39, 0.29) is 5.63 Å². The standard InChI is InChI=1S/C21H15NO2/c23-21-19(15-16-9-7-8-14-20(16)24-21)22(17-10-3-1-4-11-17)18-12-5-2-6-13-18/h1-15H. The third-order valence-electron chi connectivity index (χ3n) is 3.89. The van der Waals surface area contributed by atoms with Gasteiger partial charge in [-0.1, -0.05) is 54.6 Å². The Morgan fingerprint density at radius 1 is 0.667 bits per heavy atom. The Bertz CT molecular complexity index is 984. The maximum atomic E-state index is 12.6. The summed E-state index contributed by atoms with van der Waals surface area (Å²) in [6, 6.07) is 29.0. The van der Waals surface area contributed by atoms with Gasteiger partial charge >= 0.3 is 5.63 Å². The van der Waals surface area contributed by atoms with Crippen molar-refractivity contribution in [2.24, 2.45) is 0 Å². The first-order valence-electron chi connectivity index (χ1n) is 7.76. The molecule has 24 heavy (non-hydrogen) atoms. The van der Waals surface area contributed by atoms with Gasteiger partial charge in [0.25, 0.3) is 0 Å². The minimum Gasteiger partial charge on any atom is -0.421 e. The summed E-state index contributed by atoms with van der Waals surface area (Å²) < 4.78 is 5.52. The second-order valence-electron chi connectivity index (χ2n) is 5.46. The average Bonchev–Trinajstić information content (AvgIpc) is 2.64. The summed E-state index contributed by atoms with van der Waals surface area (Å²) in [6.45, 7) is 0. The molecule has 0 saturated carbocycles. The molecule has 0 spiro atoms. The van der Waals surface area contributed by atoms with Crippen LogP contribution in [0.15, 0.2) is 100 Å². The van der Waals surface area contributed by atoms with Crippen LogP contribution in [0.5, 0.6) is 0 Å². The molecule has 4 aromatic rings. The average molecular weight is 313 g/mol. The summed E-state index contributed by atoms with van der Waals surface area (Å²) in [5.41, 5.74) is 2.54. The largest absolute Gasteiger partial charge is 0.421 e. The molecule has 0 atom stereocenters. The van der Waals surface area contributed by atoms with Crippen LogP contribution in [0.25, 0.3) is 11.0 Å². The molecule has 3 nitrogen and oxygen atoms in total. The second-order valence-corrected chi connectivity index (χ2v) is 5.46. The van der Waals surface area contributed by atoms with Crippen LogP contribution in [0.3, 0.4) is 0 Å². The van der Waals surface area contributed by atoms with E-state index >= 15 is 0 Å². The first-order valence-corrected chi connectivity index (χ1v) is 7.76. The van der Waals surface area contributed by atoms with Crippen LogP contribution in [-0.2, 0) is 0 Å². The number of anilines is 3. The molecule has 1 heterocycles. The number of benzene rings is 3. The van der Waals surface area contributed by atoms with Crippen molar-refractivity contribution in [2.75, 3.05) is 4.90 Å². The maximum absolute atomic E-state index is 12.6. The first kappa shape index (κ1) is 14.3. The fraction of sp³-hybridized carbons (Fsp3) is 0. The highest BCUT2D eigenvalue weighted by Crippen LogP contribution is 2.33. The molecule has 116 valence electrons. The van der Waals surface area contributed by atoms with Crippen molar-refractivity contribution in [3.63, 3.8) is 0 Å². The van der Waals surface area contributed by atoms with Crippen molar-refractivity contribution in [3.8, 4) is 0 Å². The van der Waals surface area contributed by atoms with Crippen molar-refractivity contribution in [1.82, 2.24) is 0 Å². The van der Waals surface area contributed by atoms with Gasteiger partial charge in [0.15, 0.2) is 0 Å². The smallest absolute Gasteiger partial charge is 0.360 e. The first-order chi connectivity index (χ1) is 11.8. The van der Waals surface area contributed by atoms with Gasteiger partial charge in [-0.05, 0) is 36.4 Å². The van der Waals surface area contributed by atoms with Crippen molar-refractivity contribution < 1.29 is 4.42 Å². The SMILES string of the molecule is O=c1oc2ccccc2cc1N(c1ccccc1)c1ccccc1. The Balaban J connectivity index is 1.97. The predicted molar refractivity (Wildman–Crippen MR) is 97.2 cm³/mol. The van der Waals surface area contributed by atoms with Crippen LogP contribution in [-0.4, -0.2) is 0 Å². The van der Waals surface area contributed by atoms with Gasteiger partial charge in [-0.2, -0.15) is 0 Å². The van der Waals surface area contributed by atoms with Gasteiger partial charge in [-0.25, -0.2) is 4.79 Å². The molecule has 0 unspecified atom stereocenters. The molecule has 0 saturated heterocycles. The molecule has 4 rings (SSSR count). The highest BCUT2D eigenvalue weighted by Gasteiger charge is 2.17. The van der Waals surface area contributed by atoms with E-state index in [1.165, 1.54) is 0 Å². The second kappa shape index (κ2) is 6.05. The molecule has 0 aliphatic rings. The van der Waals surface area contributed by atoms with Gasteiger partial charge in [0.2, 0.25) is 0 Å². The van der Waals surface area contributed by atoms with Crippen LogP contribution in [0.4, 0.5) is 17.1 Å². The fourth-order valence-electron chi connectivity index (χ4n) is 2.79.